The summed E-state index contributed by atoms with van der Waals surface area (Å²) in [5, 5.41) is 1.87. The second-order valence-electron chi connectivity index (χ2n) is 6.58. The summed E-state index contributed by atoms with van der Waals surface area (Å²) < 4.78 is 16.7. The minimum absolute atomic E-state index is 0.457. The Morgan fingerprint density at radius 3 is 2.47 bits per heavy atom. The molecular formula is C23H24N4O3. The van der Waals surface area contributed by atoms with E-state index in [0.29, 0.717) is 19.1 Å². The molecule has 0 saturated carbocycles. The quantitative estimate of drug-likeness (QED) is 0.617. The van der Waals surface area contributed by atoms with Crippen LogP contribution in [0.1, 0.15) is 18.1 Å². The van der Waals surface area contributed by atoms with E-state index < -0.39 is 6.35 Å². The van der Waals surface area contributed by atoms with Gasteiger partial charge in [-0.15, -0.1) is 0 Å². The molecule has 0 fully saturated rings. The summed E-state index contributed by atoms with van der Waals surface area (Å²) in [5.41, 5.74) is 6.15. The zero-order valence-electron chi connectivity index (χ0n) is 17.0. The van der Waals surface area contributed by atoms with Crippen molar-refractivity contribution in [2.75, 3.05) is 18.7 Å². The molecule has 154 valence electrons. The van der Waals surface area contributed by atoms with Crippen LogP contribution < -0.4 is 19.9 Å². The highest BCUT2D eigenvalue weighted by atomic mass is 16.5. The molecule has 7 nitrogen and oxygen atoms in total. The minimum atomic E-state index is -0.457. The summed E-state index contributed by atoms with van der Waals surface area (Å²) in [7, 11) is 1.59. The minimum Gasteiger partial charge on any atom is -0.489 e. The third-order valence-corrected chi connectivity index (χ3v) is 4.56. The number of aliphatic imine (C=N–C) groups is 1. The second-order valence-corrected chi connectivity index (χ2v) is 6.58. The van der Waals surface area contributed by atoms with Crippen LogP contribution in [0, 0.1) is 0 Å². The number of methoxy groups -OCH3 is 1. The second kappa shape index (κ2) is 9.39. The maximum absolute atomic E-state index is 5.89. The van der Waals surface area contributed by atoms with Crippen molar-refractivity contribution in [3.8, 4) is 11.6 Å². The SMILES string of the molecule is CCOC1N=C(c2ccc(OCc3ccccc3)cc2)N(c2ccc(OC)nc2)N1. The number of nitrogens with one attached hydrogen (secondary N) is 1. The first-order valence-corrected chi connectivity index (χ1v) is 9.79. The van der Waals surface area contributed by atoms with Gasteiger partial charge in [-0.05, 0) is 42.8 Å². The van der Waals surface area contributed by atoms with Gasteiger partial charge in [0.05, 0.1) is 19.0 Å². The van der Waals surface area contributed by atoms with Crippen LogP contribution in [0.25, 0.3) is 0 Å². The summed E-state index contributed by atoms with van der Waals surface area (Å²) in [5.74, 6) is 2.10. The van der Waals surface area contributed by atoms with Gasteiger partial charge in [-0.25, -0.2) is 9.98 Å². The Balaban J connectivity index is 1.52. The van der Waals surface area contributed by atoms with Crippen molar-refractivity contribution in [3.05, 3.63) is 84.1 Å². The number of amidine groups is 1. The number of rotatable bonds is 8. The van der Waals surface area contributed by atoms with Crippen LogP contribution in [0.15, 0.2) is 77.9 Å². The molecule has 1 N–H and O–H groups in total. The van der Waals surface area contributed by atoms with Crippen molar-refractivity contribution < 1.29 is 14.2 Å². The number of anilines is 1. The Hall–Kier alpha value is -3.42. The standard InChI is InChI=1S/C23H24N4O3/c1-3-29-23-25-22(27(26-23)19-11-14-21(28-2)24-15-19)18-9-12-20(13-10-18)30-16-17-7-5-4-6-8-17/h4-15,23,26H,3,16H2,1-2H3. The molecule has 0 radical (unpaired) electrons. The lowest BCUT2D eigenvalue weighted by molar-refractivity contribution is 0.0529. The van der Waals surface area contributed by atoms with Gasteiger partial charge >= 0.3 is 0 Å². The van der Waals surface area contributed by atoms with Gasteiger partial charge in [0.1, 0.15) is 12.4 Å². The van der Waals surface area contributed by atoms with Gasteiger partial charge in [0, 0.05) is 18.2 Å². The monoisotopic (exact) mass is 404 g/mol. The first-order chi connectivity index (χ1) is 14.8. The molecule has 4 rings (SSSR count). The fourth-order valence-electron chi connectivity index (χ4n) is 3.07. The molecule has 2 heterocycles. The number of hydrazine groups is 1. The van der Waals surface area contributed by atoms with E-state index in [1.807, 2.05) is 78.7 Å². The largest absolute Gasteiger partial charge is 0.489 e. The van der Waals surface area contributed by atoms with Crippen LogP contribution in [0.4, 0.5) is 5.69 Å². The van der Waals surface area contributed by atoms with Gasteiger partial charge in [-0.2, -0.15) is 5.43 Å². The predicted octanol–water partition coefficient (Wildman–Crippen LogP) is 3.76. The topological polar surface area (TPSA) is 68.2 Å². The average molecular weight is 404 g/mol. The maximum Gasteiger partial charge on any atom is 0.223 e. The molecule has 2 aromatic carbocycles. The third kappa shape index (κ3) is 4.59. The molecule has 0 amide bonds. The molecule has 0 aliphatic carbocycles. The predicted molar refractivity (Wildman–Crippen MR) is 116 cm³/mol. The summed E-state index contributed by atoms with van der Waals surface area (Å²) >= 11 is 0. The summed E-state index contributed by atoms with van der Waals surface area (Å²) in [4.78, 5) is 8.97. The summed E-state index contributed by atoms with van der Waals surface area (Å²) in [6.45, 7) is 3.02. The van der Waals surface area contributed by atoms with Crippen LogP contribution in [0.2, 0.25) is 0 Å². The number of hydrogen-bond donors (Lipinski definition) is 1. The Kier molecular flexibility index (Phi) is 6.22. The highest BCUT2D eigenvalue weighted by molar-refractivity contribution is 6.10. The highest BCUT2D eigenvalue weighted by Crippen LogP contribution is 2.23. The molecule has 0 saturated heterocycles. The van der Waals surface area contributed by atoms with E-state index in [1.54, 1.807) is 13.3 Å². The molecule has 1 unspecified atom stereocenters. The lowest BCUT2D eigenvalue weighted by atomic mass is 10.2. The fraction of sp³-hybridized carbons (Fsp3) is 0.217. The Labute approximate surface area is 175 Å². The number of ether oxygens (including phenoxy) is 3. The van der Waals surface area contributed by atoms with Crippen molar-refractivity contribution in [1.29, 1.82) is 0 Å². The normalized spacial score (nSPS) is 15.7. The molecule has 1 aliphatic rings. The molecule has 30 heavy (non-hydrogen) atoms. The van der Waals surface area contributed by atoms with Crippen molar-refractivity contribution in [3.63, 3.8) is 0 Å². The molecular weight excluding hydrogens is 380 g/mol. The maximum atomic E-state index is 5.89. The molecule has 7 heteroatoms. The molecule has 3 aromatic rings. The zero-order valence-corrected chi connectivity index (χ0v) is 17.0. The zero-order chi connectivity index (χ0) is 20.8. The van der Waals surface area contributed by atoms with Crippen LogP contribution in [0.5, 0.6) is 11.6 Å². The lowest BCUT2D eigenvalue weighted by Gasteiger charge is -2.21. The lowest BCUT2D eigenvalue weighted by Crippen LogP contribution is -2.42. The van der Waals surface area contributed by atoms with Gasteiger partial charge in [0.15, 0.2) is 5.84 Å². The third-order valence-electron chi connectivity index (χ3n) is 4.56. The molecule has 0 bridgehead atoms. The van der Waals surface area contributed by atoms with Gasteiger partial charge < -0.3 is 14.2 Å². The van der Waals surface area contributed by atoms with E-state index in [1.165, 1.54) is 0 Å². The molecule has 0 spiro atoms. The fourth-order valence-corrected chi connectivity index (χ4v) is 3.07. The Morgan fingerprint density at radius 2 is 1.80 bits per heavy atom. The Bertz CT molecular complexity index is 976. The number of pyridine rings is 1. The van der Waals surface area contributed by atoms with Gasteiger partial charge in [-0.3, -0.25) is 5.01 Å². The van der Waals surface area contributed by atoms with Gasteiger partial charge in [0.25, 0.3) is 0 Å². The van der Waals surface area contributed by atoms with E-state index in [2.05, 4.69) is 15.4 Å². The van der Waals surface area contributed by atoms with Crippen LogP contribution in [-0.4, -0.2) is 30.9 Å². The van der Waals surface area contributed by atoms with Crippen molar-refractivity contribution in [1.82, 2.24) is 10.4 Å². The number of nitrogens with zero attached hydrogens (tertiary/aromatic N) is 3. The van der Waals surface area contributed by atoms with Crippen molar-refractivity contribution in [2.24, 2.45) is 4.99 Å². The highest BCUT2D eigenvalue weighted by Gasteiger charge is 2.27. The number of benzene rings is 2. The van der Waals surface area contributed by atoms with E-state index in [4.69, 9.17) is 14.2 Å². The molecule has 1 aliphatic heterocycles. The average Bonchev–Trinajstić information content (AvgIpc) is 3.23. The number of hydrogen-bond acceptors (Lipinski definition) is 7. The van der Waals surface area contributed by atoms with Crippen molar-refractivity contribution in [2.45, 2.75) is 19.9 Å². The number of aromatic nitrogens is 1. The van der Waals surface area contributed by atoms with E-state index >= 15 is 0 Å². The van der Waals surface area contributed by atoms with Crippen LogP contribution in [-0.2, 0) is 11.3 Å². The van der Waals surface area contributed by atoms with E-state index in [9.17, 15) is 0 Å². The van der Waals surface area contributed by atoms with Crippen LogP contribution in [0.3, 0.4) is 0 Å². The van der Waals surface area contributed by atoms with E-state index in [0.717, 1.165) is 28.4 Å². The van der Waals surface area contributed by atoms with Gasteiger partial charge in [-0.1, -0.05) is 30.3 Å². The Morgan fingerprint density at radius 1 is 1.00 bits per heavy atom. The smallest absolute Gasteiger partial charge is 0.223 e. The summed E-state index contributed by atoms with van der Waals surface area (Å²) in [6, 6.07) is 21.7. The molecule has 1 atom stereocenters. The first-order valence-electron chi connectivity index (χ1n) is 9.79. The van der Waals surface area contributed by atoms with Crippen molar-refractivity contribution >= 4 is 11.5 Å². The van der Waals surface area contributed by atoms with Gasteiger partial charge in [0.2, 0.25) is 12.2 Å². The first kappa shape index (κ1) is 19.9. The molecule has 1 aromatic heterocycles. The summed E-state index contributed by atoms with van der Waals surface area (Å²) in [6.07, 6.45) is 1.27. The van der Waals surface area contributed by atoms with E-state index in [-0.39, 0.29) is 0 Å². The van der Waals surface area contributed by atoms with Crippen LogP contribution >= 0.6 is 0 Å².